The summed E-state index contributed by atoms with van der Waals surface area (Å²) >= 11 is 0. The Morgan fingerprint density at radius 2 is 2.10 bits per heavy atom. The average molecular weight is 317 g/mol. The van der Waals surface area contributed by atoms with E-state index in [1.165, 1.54) is 4.68 Å². The molecule has 0 fully saturated rings. The molecule has 0 spiro atoms. The first kappa shape index (κ1) is 17.4. The lowest BCUT2D eigenvalue weighted by molar-refractivity contribution is -0.121. The molecule has 0 saturated heterocycles. The number of amides is 1. The fourth-order valence-electron chi connectivity index (χ4n) is 1.77. The predicted molar refractivity (Wildman–Crippen MR) is 80.1 cm³/mol. The van der Waals surface area contributed by atoms with Crippen molar-refractivity contribution in [1.82, 2.24) is 19.8 Å². The second-order valence-corrected chi connectivity index (χ2v) is 6.65. The van der Waals surface area contributed by atoms with Gasteiger partial charge in [0.05, 0.1) is 5.69 Å². The molecule has 4 N–H and O–H groups in total. The molecule has 0 radical (unpaired) electrons. The minimum Gasteiger partial charge on any atom is -0.381 e. The third-order valence-electron chi connectivity index (χ3n) is 3.24. The SMILES string of the molecule is CCC(C)NC(=O)CCNS(=O)(=O)c1c(N)nn(C)c1C. The van der Waals surface area contributed by atoms with E-state index in [9.17, 15) is 13.2 Å². The fraction of sp³-hybridized carbons (Fsp3) is 0.667. The summed E-state index contributed by atoms with van der Waals surface area (Å²) in [5, 5.41) is 6.63. The van der Waals surface area contributed by atoms with Gasteiger partial charge in [0.1, 0.15) is 4.90 Å². The van der Waals surface area contributed by atoms with E-state index in [-0.39, 0.29) is 35.6 Å². The van der Waals surface area contributed by atoms with Gasteiger partial charge in [-0.3, -0.25) is 9.48 Å². The number of aromatic nitrogens is 2. The number of nitrogen functional groups attached to an aromatic ring is 1. The van der Waals surface area contributed by atoms with Gasteiger partial charge in [0.2, 0.25) is 15.9 Å². The first-order valence-electron chi connectivity index (χ1n) is 6.77. The van der Waals surface area contributed by atoms with Crippen LogP contribution in [0.1, 0.15) is 32.4 Å². The van der Waals surface area contributed by atoms with Crippen molar-refractivity contribution in [2.24, 2.45) is 7.05 Å². The number of nitrogens with one attached hydrogen (secondary N) is 2. The Hall–Kier alpha value is -1.61. The van der Waals surface area contributed by atoms with Gasteiger partial charge in [-0.15, -0.1) is 0 Å². The van der Waals surface area contributed by atoms with E-state index >= 15 is 0 Å². The van der Waals surface area contributed by atoms with Gasteiger partial charge in [0.25, 0.3) is 0 Å². The average Bonchev–Trinajstić information content (AvgIpc) is 2.63. The van der Waals surface area contributed by atoms with Crippen molar-refractivity contribution in [3.05, 3.63) is 5.69 Å². The van der Waals surface area contributed by atoms with Crippen LogP contribution in [-0.2, 0) is 21.9 Å². The van der Waals surface area contributed by atoms with Gasteiger partial charge in [0.15, 0.2) is 5.82 Å². The minimum atomic E-state index is -3.77. The highest BCUT2D eigenvalue weighted by Gasteiger charge is 2.24. The third-order valence-corrected chi connectivity index (χ3v) is 4.86. The molecule has 120 valence electrons. The van der Waals surface area contributed by atoms with Crippen LogP contribution in [0, 0.1) is 6.92 Å². The van der Waals surface area contributed by atoms with Crippen molar-refractivity contribution < 1.29 is 13.2 Å². The predicted octanol–water partition coefficient (Wildman–Crippen LogP) is -0.106. The van der Waals surface area contributed by atoms with Crippen LogP contribution in [0.4, 0.5) is 5.82 Å². The van der Waals surface area contributed by atoms with Crippen LogP contribution in [0.3, 0.4) is 0 Å². The molecule has 1 heterocycles. The molecule has 21 heavy (non-hydrogen) atoms. The minimum absolute atomic E-state index is 0.0123. The molecule has 0 aliphatic heterocycles. The highest BCUT2D eigenvalue weighted by atomic mass is 32.2. The normalized spacial score (nSPS) is 13.1. The molecular weight excluding hydrogens is 294 g/mol. The molecule has 9 heteroatoms. The Bertz CT molecular complexity index is 609. The number of hydrogen-bond donors (Lipinski definition) is 3. The highest BCUT2D eigenvalue weighted by molar-refractivity contribution is 7.89. The summed E-state index contributed by atoms with van der Waals surface area (Å²) in [6, 6.07) is 0.0744. The molecule has 1 amide bonds. The Balaban J connectivity index is 2.64. The van der Waals surface area contributed by atoms with Crippen LogP contribution < -0.4 is 15.8 Å². The largest absolute Gasteiger partial charge is 0.381 e. The quantitative estimate of drug-likeness (QED) is 0.648. The standard InChI is InChI=1S/C12H23N5O3S/c1-5-8(2)15-10(18)6-7-14-21(19,20)11-9(3)17(4)16-12(11)13/h8,14H,5-7H2,1-4H3,(H2,13,16)(H,15,18). The molecule has 1 aromatic rings. The summed E-state index contributed by atoms with van der Waals surface area (Å²) < 4.78 is 28.1. The molecule has 8 nitrogen and oxygen atoms in total. The summed E-state index contributed by atoms with van der Waals surface area (Å²) in [6.45, 7) is 5.48. The highest BCUT2D eigenvalue weighted by Crippen LogP contribution is 2.20. The van der Waals surface area contributed by atoms with Crippen LogP contribution in [0.5, 0.6) is 0 Å². The van der Waals surface area contributed by atoms with Crippen LogP contribution in [0.15, 0.2) is 4.90 Å². The Morgan fingerprint density at radius 3 is 2.57 bits per heavy atom. The zero-order valence-corrected chi connectivity index (χ0v) is 13.6. The molecular formula is C12H23N5O3S. The molecule has 0 aromatic carbocycles. The number of sulfonamides is 1. The summed E-state index contributed by atoms with van der Waals surface area (Å²) in [5.41, 5.74) is 6.06. The summed E-state index contributed by atoms with van der Waals surface area (Å²) in [4.78, 5) is 11.6. The molecule has 0 aliphatic rings. The molecule has 0 aliphatic carbocycles. The van der Waals surface area contributed by atoms with Crippen molar-refractivity contribution >= 4 is 21.7 Å². The lowest BCUT2D eigenvalue weighted by Gasteiger charge is -2.11. The number of carbonyl (C=O) groups is 1. The maximum atomic E-state index is 12.2. The second-order valence-electron chi connectivity index (χ2n) is 4.95. The number of nitrogens with zero attached hydrogens (tertiary/aromatic N) is 2. The maximum Gasteiger partial charge on any atom is 0.246 e. The van der Waals surface area contributed by atoms with Gasteiger partial charge in [-0.1, -0.05) is 6.92 Å². The van der Waals surface area contributed by atoms with E-state index in [0.29, 0.717) is 5.69 Å². The van der Waals surface area contributed by atoms with Crippen molar-refractivity contribution in [3.8, 4) is 0 Å². The van der Waals surface area contributed by atoms with Crippen molar-refractivity contribution in [3.63, 3.8) is 0 Å². The van der Waals surface area contributed by atoms with E-state index in [0.717, 1.165) is 6.42 Å². The van der Waals surface area contributed by atoms with Crippen molar-refractivity contribution in [2.75, 3.05) is 12.3 Å². The number of anilines is 1. The van der Waals surface area contributed by atoms with E-state index in [2.05, 4.69) is 15.1 Å². The molecule has 1 atom stereocenters. The topological polar surface area (TPSA) is 119 Å². The van der Waals surface area contributed by atoms with Gasteiger partial charge in [0, 0.05) is 26.1 Å². The molecule has 1 unspecified atom stereocenters. The van der Waals surface area contributed by atoms with Crippen LogP contribution >= 0.6 is 0 Å². The maximum absolute atomic E-state index is 12.2. The Morgan fingerprint density at radius 1 is 1.48 bits per heavy atom. The zero-order valence-electron chi connectivity index (χ0n) is 12.8. The summed E-state index contributed by atoms with van der Waals surface area (Å²) in [7, 11) is -2.15. The molecule has 0 bridgehead atoms. The number of carbonyl (C=O) groups excluding carboxylic acids is 1. The molecule has 1 rings (SSSR count). The second kappa shape index (κ2) is 6.90. The first-order valence-corrected chi connectivity index (χ1v) is 8.25. The number of aryl methyl sites for hydroxylation is 1. The van der Waals surface area contributed by atoms with E-state index in [1.54, 1.807) is 14.0 Å². The molecule has 0 saturated carbocycles. The smallest absolute Gasteiger partial charge is 0.246 e. The Labute approximate surface area is 125 Å². The van der Waals surface area contributed by atoms with Crippen LogP contribution in [-0.4, -0.2) is 36.7 Å². The Kier molecular flexibility index (Phi) is 5.73. The number of nitrogens with two attached hydrogens (primary N) is 1. The zero-order chi connectivity index (χ0) is 16.2. The third kappa shape index (κ3) is 4.43. The first-order chi connectivity index (χ1) is 9.69. The van der Waals surface area contributed by atoms with Gasteiger partial charge in [-0.05, 0) is 20.3 Å². The number of rotatable bonds is 7. The lowest BCUT2D eigenvalue weighted by Crippen LogP contribution is -2.35. The van der Waals surface area contributed by atoms with Gasteiger partial charge in [-0.25, -0.2) is 13.1 Å². The number of hydrogen-bond acceptors (Lipinski definition) is 5. The van der Waals surface area contributed by atoms with E-state index < -0.39 is 10.0 Å². The van der Waals surface area contributed by atoms with E-state index in [1.807, 2.05) is 13.8 Å². The van der Waals surface area contributed by atoms with E-state index in [4.69, 9.17) is 5.73 Å². The van der Waals surface area contributed by atoms with Gasteiger partial charge in [-0.2, -0.15) is 5.10 Å². The van der Waals surface area contributed by atoms with Crippen LogP contribution in [0.25, 0.3) is 0 Å². The monoisotopic (exact) mass is 317 g/mol. The van der Waals surface area contributed by atoms with Crippen molar-refractivity contribution in [1.29, 1.82) is 0 Å². The summed E-state index contributed by atoms with van der Waals surface area (Å²) in [6.07, 6.45) is 0.895. The lowest BCUT2D eigenvalue weighted by atomic mass is 10.2. The molecule has 1 aromatic heterocycles. The van der Waals surface area contributed by atoms with Gasteiger partial charge >= 0.3 is 0 Å². The van der Waals surface area contributed by atoms with Crippen LogP contribution in [0.2, 0.25) is 0 Å². The summed E-state index contributed by atoms with van der Waals surface area (Å²) in [5.74, 6) is -0.241. The van der Waals surface area contributed by atoms with Gasteiger partial charge < -0.3 is 11.1 Å². The van der Waals surface area contributed by atoms with Crippen molar-refractivity contribution in [2.45, 2.75) is 44.6 Å². The fourth-order valence-corrected chi connectivity index (χ4v) is 3.12.